The molecule has 0 rings (SSSR count). The molecule has 0 spiro atoms. The summed E-state index contributed by atoms with van der Waals surface area (Å²) in [6, 6.07) is 0. The number of nitrogens with zero attached hydrogens (tertiary/aromatic N) is 1. The first-order chi connectivity index (χ1) is 8.31. The van der Waals surface area contributed by atoms with E-state index in [1.165, 1.54) is 45.6 Å². The van der Waals surface area contributed by atoms with Crippen LogP contribution in [0.4, 0.5) is 0 Å². The summed E-state index contributed by atoms with van der Waals surface area (Å²) in [5.74, 6) is -0.0928. The second-order valence-electron chi connectivity index (χ2n) is 4.39. The van der Waals surface area contributed by atoms with E-state index in [1.807, 2.05) is 0 Å². The third kappa shape index (κ3) is 13.0. The summed E-state index contributed by atoms with van der Waals surface area (Å²) in [5.41, 5.74) is 6.65. The second kappa shape index (κ2) is 13.1. The molecule has 17 heavy (non-hydrogen) atoms. The quantitative estimate of drug-likeness (QED) is 0.318. The Morgan fingerprint density at radius 3 is 1.88 bits per heavy atom. The molecule has 0 aliphatic rings. The first kappa shape index (κ1) is 16.1. The van der Waals surface area contributed by atoms with E-state index in [9.17, 15) is 4.79 Å². The smallest absolute Gasteiger partial charge is 0.305 e. The minimum atomic E-state index is -0.0928. The highest BCUT2D eigenvalue weighted by Crippen LogP contribution is 2.10. The van der Waals surface area contributed by atoms with Gasteiger partial charge in [0.2, 0.25) is 0 Å². The molecule has 0 aliphatic carbocycles. The topological polar surface area (TPSA) is 62.5 Å². The van der Waals surface area contributed by atoms with Crippen molar-refractivity contribution in [2.24, 2.45) is 5.11 Å². The van der Waals surface area contributed by atoms with E-state index in [0.717, 1.165) is 19.3 Å². The summed E-state index contributed by atoms with van der Waals surface area (Å²) < 4.78 is 4.58. The van der Waals surface area contributed by atoms with Gasteiger partial charge in [-0.3, -0.25) is 4.79 Å². The monoisotopic (exact) mass is 242 g/mol. The molecule has 4 heteroatoms. The Bertz CT molecular complexity index is 196. The van der Waals surface area contributed by atoms with Crippen LogP contribution in [0, 0.1) is 5.53 Å². The zero-order valence-electron chi connectivity index (χ0n) is 11.0. The van der Waals surface area contributed by atoms with E-state index >= 15 is 0 Å². The van der Waals surface area contributed by atoms with Crippen LogP contribution in [0.15, 0.2) is 5.11 Å². The average molecular weight is 242 g/mol. The number of hydrogen-bond acceptors (Lipinski definition) is 4. The summed E-state index contributed by atoms with van der Waals surface area (Å²) in [5, 5.41) is 3.34. The van der Waals surface area contributed by atoms with E-state index in [1.54, 1.807) is 0 Å². The molecule has 0 fully saturated rings. The van der Waals surface area contributed by atoms with Gasteiger partial charge in [0, 0.05) is 6.42 Å². The Labute approximate surface area is 105 Å². The van der Waals surface area contributed by atoms with Gasteiger partial charge in [-0.15, -0.1) is 0 Å². The molecule has 0 amide bonds. The SMILES string of the molecule is COC(=O)CCCCCCCCCCCN=N. The lowest BCUT2D eigenvalue weighted by Crippen LogP contribution is -1.99. The van der Waals surface area contributed by atoms with Gasteiger partial charge in [-0.05, 0) is 12.8 Å². The molecule has 1 N–H and O–H groups in total. The third-order valence-corrected chi connectivity index (χ3v) is 2.88. The summed E-state index contributed by atoms with van der Waals surface area (Å²) in [6.45, 7) is 0.688. The van der Waals surface area contributed by atoms with Gasteiger partial charge in [0.05, 0.1) is 13.7 Å². The van der Waals surface area contributed by atoms with Crippen LogP contribution in [0.25, 0.3) is 0 Å². The molecule has 4 nitrogen and oxygen atoms in total. The number of methoxy groups -OCH3 is 1. The zero-order chi connectivity index (χ0) is 12.8. The highest BCUT2D eigenvalue weighted by Gasteiger charge is 1.98. The van der Waals surface area contributed by atoms with Crippen molar-refractivity contribution in [2.75, 3.05) is 13.7 Å². The van der Waals surface area contributed by atoms with Crippen LogP contribution in [0.2, 0.25) is 0 Å². The van der Waals surface area contributed by atoms with Gasteiger partial charge < -0.3 is 4.74 Å². The summed E-state index contributed by atoms with van der Waals surface area (Å²) in [4.78, 5) is 10.8. The predicted molar refractivity (Wildman–Crippen MR) is 68.2 cm³/mol. The van der Waals surface area contributed by atoms with Crippen molar-refractivity contribution in [2.45, 2.75) is 64.2 Å². The number of ether oxygens (including phenoxy) is 1. The van der Waals surface area contributed by atoms with Crippen molar-refractivity contribution < 1.29 is 9.53 Å². The van der Waals surface area contributed by atoms with Gasteiger partial charge in [0.1, 0.15) is 0 Å². The Balaban J connectivity index is 2.98. The largest absolute Gasteiger partial charge is 0.469 e. The number of hydrogen-bond donors (Lipinski definition) is 1. The lowest BCUT2D eigenvalue weighted by atomic mass is 10.1. The highest BCUT2D eigenvalue weighted by atomic mass is 16.5. The third-order valence-electron chi connectivity index (χ3n) is 2.88. The number of nitrogens with one attached hydrogen (secondary N) is 1. The van der Waals surface area contributed by atoms with Crippen LogP contribution in [0.5, 0.6) is 0 Å². The molecular formula is C13H26N2O2. The minimum absolute atomic E-state index is 0.0928. The van der Waals surface area contributed by atoms with Gasteiger partial charge in [-0.2, -0.15) is 5.11 Å². The predicted octanol–water partition coefficient (Wildman–Crippen LogP) is 4.09. The van der Waals surface area contributed by atoms with Crippen LogP contribution in [-0.4, -0.2) is 19.6 Å². The number of carbonyl (C=O) groups excluding carboxylic acids is 1. The van der Waals surface area contributed by atoms with Gasteiger partial charge in [-0.25, -0.2) is 5.53 Å². The van der Waals surface area contributed by atoms with E-state index < -0.39 is 0 Å². The van der Waals surface area contributed by atoms with Crippen molar-refractivity contribution in [3.63, 3.8) is 0 Å². The maximum absolute atomic E-state index is 10.8. The fraction of sp³-hybridized carbons (Fsp3) is 0.923. The molecule has 0 atom stereocenters. The standard InChI is InChI=1S/C13H26N2O2/c1-17-13(16)11-9-7-5-3-2-4-6-8-10-12-15-14/h14H,2-12H2,1H3. The summed E-state index contributed by atoms with van der Waals surface area (Å²) in [6.07, 6.45) is 11.2. The van der Waals surface area contributed by atoms with Crippen molar-refractivity contribution in [3.05, 3.63) is 0 Å². The summed E-state index contributed by atoms with van der Waals surface area (Å²) in [7, 11) is 1.44. The first-order valence-electron chi connectivity index (χ1n) is 6.71. The number of carbonyl (C=O) groups is 1. The molecule has 0 unspecified atom stereocenters. The van der Waals surface area contributed by atoms with E-state index in [4.69, 9.17) is 5.53 Å². The van der Waals surface area contributed by atoms with Gasteiger partial charge in [-0.1, -0.05) is 44.9 Å². The Morgan fingerprint density at radius 1 is 0.941 bits per heavy atom. The average Bonchev–Trinajstić information content (AvgIpc) is 2.35. The minimum Gasteiger partial charge on any atom is -0.469 e. The highest BCUT2D eigenvalue weighted by molar-refractivity contribution is 5.68. The molecule has 0 heterocycles. The van der Waals surface area contributed by atoms with Crippen molar-refractivity contribution in [1.29, 1.82) is 5.53 Å². The van der Waals surface area contributed by atoms with Gasteiger partial charge in [0.25, 0.3) is 0 Å². The van der Waals surface area contributed by atoms with Gasteiger partial charge in [0.15, 0.2) is 0 Å². The maximum atomic E-state index is 10.8. The molecular weight excluding hydrogens is 216 g/mol. The Kier molecular flexibility index (Phi) is 12.4. The molecule has 0 bridgehead atoms. The summed E-state index contributed by atoms with van der Waals surface area (Å²) >= 11 is 0. The van der Waals surface area contributed by atoms with Crippen molar-refractivity contribution in [3.8, 4) is 0 Å². The molecule has 0 aliphatic heterocycles. The molecule has 0 aromatic heterocycles. The van der Waals surface area contributed by atoms with Crippen molar-refractivity contribution in [1.82, 2.24) is 0 Å². The number of unbranched alkanes of at least 4 members (excludes halogenated alkanes) is 8. The fourth-order valence-corrected chi connectivity index (χ4v) is 1.80. The van der Waals surface area contributed by atoms with E-state index in [0.29, 0.717) is 13.0 Å². The van der Waals surface area contributed by atoms with Crippen LogP contribution in [-0.2, 0) is 9.53 Å². The number of esters is 1. The van der Waals surface area contributed by atoms with E-state index in [-0.39, 0.29) is 5.97 Å². The maximum Gasteiger partial charge on any atom is 0.305 e. The Morgan fingerprint density at radius 2 is 1.41 bits per heavy atom. The van der Waals surface area contributed by atoms with Crippen LogP contribution >= 0.6 is 0 Å². The van der Waals surface area contributed by atoms with E-state index in [2.05, 4.69) is 9.85 Å². The molecule has 0 saturated carbocycles. The molecule has 0 saturated heterocycles. The number of rotatable bonds is 12. The fourth-order valence-electron chi connectivity index (χ4n) is 1.80. The van der Waals surface area contributed by atoms with Crippen molar-refractivity contribution >= 4 is 5.97 Å². The molecule has 100 valence electrons. The molecule has 0 radical (unpaired) electrons. The first-order valence-corrected chi connectivity index (χ1v) is 6.71. The zero-order valence-corrected chi connectivity index (χ0v) is 11.0. The molecule has 0 aromatic carbocycles. The van der Waals surface area contributed by atoms with Crippen LogP contribution in [0.3, 0.4) is 0 Å². The lowest BCUT2D eigenvalue weighted by Gasteiger charge is -2.01. The Hall–Kier alpha value is -0.930. The second-order valence-corrected chi connectivity index (χ2v) is 4.39. The lowest BCUT2D eigenvalue weighted by molar-refractivity contribution is -0.140. The normalized spacial score (nSPS) is 10.2. The molecule has 0 aromatic rings. The van der Waals surface area contributed by atoms with Crippen LogP contribution in [0.1, 0.15) is 64.2 Å². The van der Waals surface area contributed by atoms with Crippen LogP contribution < -0.4 is 0 Å². The van der Waals surface area contributed by atoms with Gasteiger partial charge >= 0.3 is 5.97 Å².